The Kier molecular flexibility index (Phi) is 2.10. The van der Waals surface area contributed by atoms with Gasteiger partial charge in [-0.25, -0.2) is 0 Å². The lowest BCUT2D eigenvalue weighted by molar-refractivity contribution is -0.474. The first-order valence-electron chi connectivity index (χ1n) is 3.01. The van der Waals surface area contributed by atoms with Crippen LogP contribution in [0.5, 0.6) is 0 Å². The standard InChI is InChI=1S/C7H7ClN2O/c1-5-2-3-6(8)7(4-5)10(9)11/h3-4H,1H3,(H2,9,11)/q+1. The number of benzene rings is 1. The van der Waals surface area contributed by atoms with Gasteiger partial charge >= 0.3 is 5.69 Å². The molecule has 0 saturated heterocycles. The Morgan fingerprint density at radius 2 is 2.36 bits per heavy atom. The van der Waals surface area contributed by atoms with Gasteiger partial charge in [0.25, 0.3) is 0 Å². The molecule has 0 bridgehead atoms. The Bertz CT molecular complexity index is 298. The van der Waals surface area contributed by atoms with E-state index in [0.29, 0.717) is 5.02 Å². The van der Waals surface area contributed by atoms with Crippen LogP contribution in [-0.2, 0) is 0 Å². The van der Waals surface area contributed by atoms with Crippen molar-refractivity contribution in [3.8, 4) is 0 Å². The smallest absolute Gasteiger partial charge is 0.159 e. The highest BCUT2D eigenvalue weighted by atomic mass is 35.5. The number of halogens is 1. The Labute approximate surface area is 69.3 Å². The van der Waals surface area contributed by atoms with Gasteiger partial charge in [-0.3, -0.25) is 0 Å². The molecule has 1 rings (SSSR count). The van der Waals surface area contributed by atoms with Crippen LogP contribution in [0.1, 0.15) is 5.56 Å². The molecule has 0 aromatic heterocycles. The van der Waals surface area contributed by atoms with Crippen molar-refractivity contribution >= 4 is 17.3 Å². The average molecular weight is 171 g/mol. The molecule has 0 fully saturated rings. The molecule has 1 aromatic rings. The van der Waals surface area contributed by atoms with Gasteiger partial charge in [0.15, 0.2) is 4.87 Å². The monoisotopic (exact) mass is 170 g/mol. The third kappa shape index (κ3) is 1.68. The predicted octanol–water partition coefficient (Wildman–Crippen LogP) is 1.73. The second-order valence-electron chi connectivity index (χ2n) is 2.17. The van der Waals surface area contributed by atoms with Gasteiger partial charge in [0.05, 0.1) is 4.91 Å². The molecule has 0 aliphatic heterocycles. The summed E-state index contributed by atoms with van der Waals surface area (Å²) in [6, 6.07) is 5.94. The predicted molar refractivity (Wildman–Crippen MR) is 42.5 cm³/mol. The Hall–Kier alpha value is -1.09. The summed E-state index contributed by atoms with van der Waals surface area (Å²) >= 11 is 5.64. The summed E-state index contributed by atoms with van der Waals surface area (Å²) in [5, 5.41) is 0.313. The Balaban J connectivity index is 3.23. The molecule has 0 heterocycles. The van der Waals surface area contributed by atoms with Crippen molar-refractivity contribution in [1.82, 2.24) is 0 Å². The number of nitroso groups, excluding NO2 is 1. The van der Waals surface area contributed by atoms with Crippen molar-refractivity contribution in [3.05, 3.63) is 33.7 Å². The quantitative estimate of drug-likeness (QED) is 0.396. The summed E-state index contributed by atoms with van der Waals surface area (Å²) in [6.45, 7) is 1.81. The summed E-state index contributed by atoms with van der Waals surface area (Å²) in [5.41, 5.74) is 1.10. The number of hydrogen-bond acceptors (Lipinski definition) is 1. The van der Waals surface area contributed by atoms with E-state index < -0.39 is 0 Å². The molecule has 4 heteroatoms. The lowest BCUT2D eigenvalue weighted by Crippen LogP contribution is -2.09. The molecule has 11 heavy (non-hydrogen) atoms. The molecule has 0 unspecified atom stereocenters. The van der Waals surface area contributed by atoms with E-state index in [4.69, 9.17) is 17.4 Å². The van der Waals surface area contributed by atoms with Gasteiger partial charge in [0.1, 0.15) is 5.02 Å². The van der Waals surface area contributed by atoms with E-state index in [9.17, 15) is 4.91 Å². The maximum Gasteiger partial charge on any atom is 0.310 e. The molecular formula is C7H7ClN2O+. The summed E-state index contributed by atoms with van der Waals surface area (Å²) < 4.78 is 0. The highest BCUT2D eigenvalue weighted by molar-refractivity contribution is 6.32. The molecule has 3 nitrogen and oxygen atoms in total. The Morgan fingerprint density at radius 3 is 2.82 bits per heavy atom. The first kappa shape index (κ1) is 8.01. The third-order valence-corrected chi connectivity index (χ3v) is 1.56. The fraction of sp³-hybridized carbons (Fsp3) is 0.143. The van der Waals surface area contributed by atoms with Crippen LogP contribution in [0.25, 0.3) is 0 Å². The van der Waals surface area contributed by atoms with Crippen molar-refractivity contribution in [2.75, 3.05) is 0 Å². The van der Waals surface area contributed by atoms with Crippen LogP contribution in [0, 0.1) is 17.9 Å². The Morgan fingerprint density at radius 1 is 1.73 bits per heavy atom. The molecule has 0 spiro atoms. The fourth-order valence-electron chi connectivity index (χ4n) is 0.736. The van der Waals surface area contributed by atoms with E-state index in [1.54, 1.807) is 6.07 Å². The van der Waals surface area contributed by atoms with Gasteiger partial charge in [-0.05, 0) is 24.6 Å². The van der Waals surface area contributed by atoms with Crippen LogP contribution < -0.4 is 5.84 Å². The van der Waals surface area contributed by atoms with Crippen molar-refractivity contribution in [1.29, 1.82) is 0 Å². The maximum absolute atomic E-state index is 10.6. The van der Waals surface area contributed by atoms with E-state index in [2.05, 4.69) is 6.07 Å². The molecule has 0 aliphatic carbocycles. The molecule has 57 valence electrons. The van der Waals surface area contributed by atoms with Crippen LogP contribution in [0.15, 0.2) is 12.1 Å². The lowest BCUT2D eigenvalue weighted by atomic mass is 10.2. The number of hydrazine groups is 1. The molecule has 1 aromatic carbocycles. The molecule has 0 amide bonds. The number of nitrogens with zero attached hydrogens (tertiary/aromatic N) is 1. The summed E-state index contributed by atoms with van der Waals surface area (Å²) in [5.74, 6) is 4.96. The fourth-order valence-corrected chi connectivity index (χ4v) is 0.928. The van der Waals surface area contributed by atoms with Crippen LogP contribution >= 0.6 is 11.6 Å². The zero-order valence-corrected chi connectivity index (χ0v) is 6.72. The minimum absolute atomic E-state index is 0.239. The van der Waals surface area contributed by atoms with Crippen LogP contribution in [0.2, 0.25) is 5.02 Å². The van der Waals surface area contributed by atoms with E-state index in [1.807, 2.05) is 6.92 Å². The maximum atomic E-state index is 10.6. The van der Waals surface area contributed by atoms with E-state index in [-0.39, 0.29) is 10.6 Å². The van der Waals surface area contributed by atoms with Crippen LogP contribution in [0.4, 0.5) is 5.69 Å². The lowest BCUT2D eigenvalue weighted by Gasteiger charge is -1.91. The molecule has 2 N–H and O–H groups in total. The van der Waals surface area contributed by atoms with Crippen molar-refractivity contribution in [3.63, 3.8) is 0 Å². The van der Waals surface area contributed by atoms with Gasteiger partial charge in [-0.1, -0.05) is 11.6 Å². The first-order valence-corrected chi connectivity index (χ1v) is 3.39. The summed E-state index contributed by atoms with van der Waals surface area (Å²) in [6.07, 6.45) is 0. The summed E-state index contributed by atoms with van der Waals surface area (Å²) in [4.78, 5) is 10.9. The van der Waals surface area contributed by atoms with Crippen LogP contribution in [0.3, 0.4) is 0 Å². The van der Waals surface area contributed by atoms with Gasteiger partial charge in [0, 0.05) is 6.07 Å². The topological polar surface area (TPSA) is 46.1 Å². The van der Waals surface area contributed by atoms with E-state index in [0.717, 1.165) is 5.56 Å². The number of nitrogens with two attached hydrogens (primary N) is 1. The third-order valence-electron chi connectivity index (χ3n) is 1.26. The zero-order chi connectivity index (χ0) is 8.43. The SMILES string of the molecule is Cc1[c]cc(Cl)c([N+](N)=O)c1. The summed E-state index contributed by atoms with van der Waals surface area (Å²) in [7, 11) is 0. The van der Waals surface area contributed by atoms with Crippen molar-refractivity contribution in [2.24, 2.45) is 5.84 Å². The molecule has 0 atom stereocenters. The zero-order valence-electron chi connectivity index (χ0n) is 5.97. The second-order valence-corrected chi connectivity index (χ2v) is 2.58. The van der Waals surface area contributed by atoms with E-state index in [1.165, 1.54) is 6.07 Å². The molecular weight excluding hydrogens is 164 g/mol. The minimum atomic E-state index is 0.239. The first-order chi connectivity index (χ1) is 5.11. The molecule has 0 aliphatic rings. The highest BCUT2D eigenvalue weighted by Crippen LogP contribution is 2.22. The highest BCUT2D eigenvalue weighted by Gasteiger charge is 2.13. The molecule has 1 radical (unpaired) electrons. The minimum Gasteiger partial charge on any atom is -0.159 e. The number of aryl methyl sites for hydroxylation is 1. The van der Waals surface area contributed by atoms with Crippen molar-refractivity contribution < 1.29 is 4.87 Å². The van der Waals surface area contributed by atoms with E-state index >= 15 is 0 Å². The number of rotatable bonds is 1. The van der Waals surface area contributed by atoms with Crippen LogP contribution in [-0.4, -0.2) is 4.87 Å². The average Bonchev–Trinajstić information content (AvgIpc) is 1.94. The van der Waals surface area contributed by atoms with Gasteiger partial charge < -0.3 is 0 Å². The van der Waals surface area contributed by atoms with Gasteiger partial charge in [-0.2, -0.15) is 5.84 Å². The number of hydrogen-bond donors (Lipinski definition) is 1. The van der Waals surface area contributed by atoms with Crippen molar-refractivity contribution in [2.45, 2.75) is 6.92 Å². The molecule has 0 saturated carbocycles. The largest absolute Gasteiger partial charge is 0.310 e. The van der Waals surface area contributed by atoms with Gasteiger partial charge in [0.2, 0.25) is 0 Å². The normalized spacial score (nSPS) is 9.64. The van der Waals surface area contributed by atoms with Gasteiger partial charge in [-0.15, -0.1) is 0 Å². The second kappa shape index (κ2) is 2.88.